The van der Waals surface area contributed by atoms with Gasteiger partial charge in [-0.15, -0.1) is 0 Å². The van der Waals surface area contributed by atoms with Crippen LogP contribution in [-0.2, 0) is 38.9 Å². The second-order valence-corrected chi connectivity index (χ2v) is 11.1. The standard InChI is InChI=1S/C26H36N6O10/c1-13(2)22(35)31-21-15-7-8-17(32(15)30-11-29-21)26(10-27)20(34)18(41-23(36)19(28)25(4,5)6)16(42-26)9-38-24(37)40-12-39-14(3)33/h7-8,11,13,16,18-20,22,34-35H,9,12,28H2,1-6H3,(H,29,30,31)/t16-,18-,19-,20-,22?,26+/m1/s1. The van der Waals surface area contributed by atoms with Gasteiger partial charge < -0.3 is 44.9 Å². The molecule has 1 aliphatic rings. The van der Waals surface area contributed by atoms with Crippen molar-refractivity contribution in [3.8, 4) is 6.07 Å². The van der Waals surface area contributed by atoms with Crippen LogP contribution in [0.15, 0.2) is 18.5 Å². The summed E-state index contributed by atoms with van der Waals surface area (Å²) in [5, 5.41) is 39.2. The first-order chi connectivity index (χ1) is 19.6. The number of carbonyl (C=O) groups is 3. The van der Waals surface area contributed by atoms with Crippen molar-refractivity contribution in [3.63, 3.8) is 0 Å². The van der Waals surface area contributed by atoms with Gasteiger partial charge in [-0.3, -0.25) is 9.59 Å². The van der Waals surface area contributed by atoms with E-state index in [0.29, 0.717) is 5.52 Å². The van der Waals surface area contributed by atoms with E-state index in [9.17, 15) is 29.9 Å². The summed E-state index contributed by atoms with van der Waals surface area (Å²) in [6.45, 7) is 8.53. The number of nitrogens with one attached hydrogen (secondary N) is 1. The summed E-state index contributed by atoms with van der Waals surface area (Å²) < 4.78 is 27.0. The van der Waals surface area contributed by atoms with Gasteiger partial charge in [-0.2, -0.15) is 10.4 Å². The van der Waals surface area contributed by atoms with E-state index in [1.54, 1.807) is 40.7 Å². The average molecular weight is 593 g/mol. The zero-order chi connectivity index (χ0) is 31.4. The molecular weight excluding hydrogens is 556 g/mol. The molecule has 0 spiro atoms. The van der Waals surface area contributed by atoms with Gasteiger partial charge in [-0.1, -0.05) is 34.6 Å². The van der Waals surface area contributed by atoms with E-state index in [0.717, 1.165) is 6.92 Å². The lowest BCUT2D eigenvalue weighted by molar-refractivity contribution is -0.161. The van der Waals surface area contributed by atoms with E-state index in [1.165, 1.54) is 16.9 Å². The normalized spacial score (nSPS) is 23.6. The molecule has 0 aliphatic carbocycles. The van der Waals surface area contributed by atoms with E-state index in [2.05, 4.69) is 24.9 Å². The predicted octanol–water partition coefficient (Wildman–Crippen LogP) is 0.553. The molecule has 2 aromatic heterocycles. The minimum absolute atomic E-state index is 0.0399. The van der Waals surface area contributed by atoms with Gasteiger partial charge in [-0.05, 0) is 23.5 Å². The lowest BCUT2D eigenvalue weighted by atomic mass is 9.87. The fraction of sp³-hybridized carbons (Fsp3) is 0.615. The SMILES string of the molecule is CC(=O)OCOC(=O)OC[C@H]1O[C@@](C#N)(c2ccc3c(NC(O)C(C)C)ncnn23)[C@H](O)[C@@H]1OC(=O)[C@@H](N)C(C)(C)C. The number of nitriles is 1. The third-order valence-electron chi connectivity index (χ3n) is 6.59. The molecule has 0 saturated carbocycles. The van der Waals surface area contributed by atoms with E-state index < -0.39 is 73.1 Å². The van der Waals surface area contributed by atoms with Gasteiger partial charge >= 0.3 is 18.1 Å². The highest BCUT2D eigenvalue weighted by Gasteiger charge is 2.60. The molecule has 3 rings (SSSR count). The van der Waals surface area contributed by atoms with Crippen LogP contribution in [-0.4, -0.2) is 86.9 Å². The second-order valence-electron chi connectivity index (χ2n) is 11.1. The summed E-state index contributed by atoms with van der Waals surface area (Å²) in [5.74, 6) is -1.49. The maximum atomic E-state index is 12.9. The minimum atomic E-state index is -2.18. The van der Waals surface area contributed by atoms with Gasteiger partial charge in [-0.25, -0.2) is 14.3 Å². The van der Waals surface area contributed by atoms with Crippen molar-refractivity contribution in [2.75, 3.05) is 18.7 Å². The number of aliphatic hydroxyl groups excluding tert-OH is 2. The number of carbonyl (C=O) groups excluding carboxylic acids is 3. The molecule has 6 atom stereocenters. The third kappa shape index (κ3) is 6.87. The number of anilines is 1. The maximum absolute atomic E-state index is 12.9. The van der Waals surface area contributed by atoms with E-state index in [-0.39, 0.29) is 17.4 Å². The van der Waals surface area contributed by atoms with E-state index in [1.807, 2.05) is 6.07 Å². The van der Waals surface area contributed by atoms with E-state index in [4.69, 9.17) is 19.9 Å². The molecule has 1 saturated heterocycles. The minimum Gasteiger partial charge on any atom is -0.455 e. The Morgan fingerprint density at radius 3 is 2.55 bits per heavy atom. The van der Waals surface area contributed by atoms with Gasteiger partial charge in [0.05, 0.1) is 5.69 Å². The van der Waals surface area contributed by atoms with Gasteiger partial charge in [0.15, 0.2) is 11.9 Å². The number of aliphatic hydroxyl groups is 2. The summed E-state index contributed by atoms with van der Waals surface area (Å²) in [6.07, 6.45) is -5.73. The molecule has 3 heterocycles. The van der Waals surface area contributed by atoms with Crippen LogP contribution in [0.3, 0.4) is 0 Å². The number of aromatic nitrogens is 3. The highest BCUT2D eigenvalue weighted by Crippen LogP contribution is 2.42. The molecule has 2 aromatic rings. The molecule has 1 unspecified atom stereocenters. The second kappa shape index (κ2) is 12.9. The van der Waals surface area contributed by atoms with Crippen molar-refractivity contribution in [2.24, 2.45) is 17.1 Å². The van der Waals surface area contributed by atoms with Crippen molar-refractivity contribution in [1.29, 1.82) is 5.26 Å². The summed E-state index contributed by atoms with van der Waals surface area (Å²) in [4.78, 5) is 40.0. The number of nitrogens with two attached hydrogens (primary N) is 1. The van der Waals surface area contributed by atoms with Crippen LogP contribution in [0.5, 0.6) is 0 Å². The van der Waals surface area contributed by atoms with Gasteiger partial charge in [0, 0.05) is 6.92 Å². The fourth-order valence-electron chi connectivity index (χ4n) is 3.99. The van der Waals surface area contributed by atoms with Crippen molar-refractivity contribution in [1.82, 2.24) is 14.6 Å². The maximum Gasteiger partial charge on any atom is 0.511 e. The molecule has 0 aromatic carbocycles. The Morgan fingerprint density at radius 1 is 1.26 bits per heavy atom. The molecule has 1 aliphatic heterocycles. The monoisotopic (exact) mass is 592 g/mol. The Morgan fingerprint density at radius 2 is 1.95 bits per heavy atom. The molecular formula is C26H36N6O10. The number of hydrogen-bond acceptors (Lipinski definition) is 15. The first kappa shape index (κ1) is 32.5. The zero-order valence-corrected chi connectivity index (χ0v) is 24.1. The number of hydrogen-bond donors (Lipinski definition) is 4. The predicted molar refractivity (Wildman–Crippen MR) is 142 cm³/mol. The first-order valence-electron chi connectivity index (χ1n) is 13.1. The topological polar surface area (TPSA) is 230 Å². The van der Waals surface area contributed by atoms with Crippen LogP contribution < -0.4 is 11.1 Å². The summed E-state index contributed by atoms with van der Waals surface area (Å²) in [6, 6.07) is 3.85. The molecule has 0 amide bonds. The van der Waals surface area contributed by atoms with Gasteiger partial charge in [0.1, 0.15) is 49.0 Å². The molecule has 42 heavy (non-hydrogen) atoms. The van der Waals surface area contributed by atoms with Crippen LogP contribution >= 0.6 is 0 Å². The molecule has 230 valence electrons. The van der Waals surface area contributed by atoms with Crippen molar-refractivity contribution in [2.45, 2.75) is 77.7 Å². The third-order valence-corrected chi connectivity index (χ3v) is 6.59. The van der Waals surface area contributed by atoms with Crippen LogP contribution in [0.1, 0.15) is 47.2 Å². The van der Waals surface area contributed by atoms with Crippen molar-refractivity contribution < 1.29 is 48.3 Å². The molecule has 5 N–H and O–H groups in total. The van der Waals surface area contributed by atoms with Crippen molar-refractivity contribution >= 4 is 29.4 Å². The highest BCUT2D eigenvalue weighted by atomic mass is 16.8. The smallest absolute Gasteiger partial charge is 0.455 e. The molecule has 0 radical (unpaired) electrons. The number of fused-ring (bicyclic) bond motifs is 1. The van der Waals surface area contributed by atoms with Crippen LogP contribution in [0.25, 0.3) is 5.52 Å². The Balaban J connectivity index is 1.96. The number of ether oxygens (including phenoxy) is 5. The van der Waals surface area contributed by atoms with E-state index >= 15 is 0 Å². The Kier molecular flexibility index (Phi) is 9.94. The van der Waals surface area contributed by atoms with Gasteiger partial charge in [0.25, 0.3) is 0 Å². The summed E-state index contributed by atoms with van der Waals surface area (Å²) in [5.41, 5.74) is 3.55. The van der Waals surface area contributed by atoms with Crippen LogP contribution in [0.4, 0.5) is 10.6 Å². The molecule has 1 fully saturated rings. The highest BCUT2D eigenvalue weighted by molar-refractivity contribution is 5.77. The van der Waals surface area contributed by atoms with Crippen molar-refractivity contribution in [3.05, 3.63) is 24.2 Å². The first-order valence-corrected chi connectivity index (χ1v) is 13.1. The molecule has 0 bridgehead atoms. The van der Waals surface area contributed by atoms with Gasteiger partial charge in [0.2, 0.25) is 12.4 Å². The lowest BCUT2D eigenvalue weighted by Gasteiger charge is -2.28. The average Bonchev–Trinajstić information content (AvgIpc) is 3.46. The zero-order valence-electron chi connectivity index (χ0n) is 24.1. The van der Waals surface area contributed by atoms with Crippen LogP contribution in [0, 0.1) is 22.7 Å². The lowest BCUT2D eigenvalue weighted by Crippen LogP contribution is -2.49. The summed E-state index contributed by atoms with van der Waals surface area (Å²) >= 11 is 0. The number of rotatable bonds is 10. The number of nitrogens with zero attached hydrogens (tertiary/aromatic N) is 4. The number of esters is 2. The Bertz CT molecular complexity index is 1340. The fourth-order valence-corrected chi connectivity index (χ4v) is 3.99. The molecule has 16 nitrogen and oxygen atoms in total. The summed E-state index contributed by atoms with van der Waals surface area (Å²) in [7, 11) is 0. The van der Waals surface area contributed by atoms with Crippen LogP contribution in [0.2, 0.25) is 0 Å². The largest absolute Gasteiger partial charge is 0.511 e. The Labute approximate surface area is 241 Å². The Hall–Kier alpha value is -4.04. The molecule has 16 heteroatoms. The quantitative estimate of drug-likeness (QED) is 0.168.